The minimum atomic E-state index is -0.344. The number of furan rings is 1. The maximum Gasteiger partial charge on any atom is 0.206 e. The van der Waals surface area contributed by atoms with Gasteiger partial charge in [0.2, 0.25) is 5.43 Å². The summed E-state index contributed by atoms with van der Waals surface area (Å²) in [5.41, 5.74) is 8.48. The van der Waals surface area contributed by atoms with Gasteiger partial charge in [0.25, 0.3) is 0 Å². The molecule has 0 saturated carbocycles. The number of pyridine rings is 1. The lowest BCUT2D eigenvalue weighted by atomic mass is 9.97. The highest BCUT2D eigenvalue weighted by Crippen LogP contribution is 2.39. The fourth-order valence-electron chi connectivity index (χ4n) is 4.40. The van der Waals surface area contributed by atoms with Crippen molar-refractivity contribution in [2.24, 2.45) is 0 Å². The van der Waals surface area contributed by atoms with Crippen LogP contribution >= 0.6 is 0 Å². The molecule has 0 amide bonds. The van der Waals surface area contributed by atoms with E-state index in [2.05, 4.69) is 11.1 Å². The predicted molar refractivity (Wildman–Crippen MR) is 134 cm³/mol. The third kappa shape index (κ3) is 3.39. The molecule has 3 heterocycles. The zero-order chi connectivity index (χ0) is 25.6. The molecular weight excluding hydrogens is 462 g/mol. The van der Waals surface area contributed by atoms with Gasteiger partial charge < -0.3 is 28.8 Å². The highest BCUT2D eigenvalue weighted by atomic mass is 16.5. The van der Waals surface area contributed by atoms with Crippen LogP contribution in [-0.2, 0) is 0 Å². The Morgan fingerprint density at radius 2 is 1.78 bits per heavy atom. The Morgan fingerprint density at radius 1 is 1.00 bits per heavy atom. The summed E-state index contributed by atoms with van der Waals surface area (Å²) in [4.78, 5) is 18.2. The number of benzene rings is 2. The van der Waals surface area contributed by atoms with Gasteiger partial charge in [0.15, 0.2) is 11.5 Å². The van der Waals surface area contributed by atoms with Crippen molar-refractivity contribution in [1.82, 2.24) is 4.98 Å². The summed E-state index contributed by atoms with van der Waals surface area (Å²) in [7, 11) is 4.54. The van der Waals surface area contributed by atoms with Gasteiger partial charge in [-0.15, -0.1) is 0 Å². The lowest BCUT2D eigenvalue weighted by molar-refractivity contribution is 0.355. The van der Waals surface area contributed by atoms with E-state index >= 15 is 0 Å². The largest absolute Gasteiger partial charge is 0.495 e. The minimum Gasteiger partial charge on any atom is -0.495 e. The number of nitrogens with zero attached hydrogens (tertiary/aromatic N) is 2. The molecule has 180 valence electrons. The summed E-state index contributed by atoms with van der Waals surface area (Å²) in [6.07, 6.45) is 1.52. The van der Waals surface area contributed by atoms with Crippen LogP contribution < -0.4 is 25.4 Å². The molecule has 2 N–H and O–H groups in total. The van der Waals surface area contributed by atoms with Gasteiger partial charge in [-0.2, -0.15) is 5.26 Å². The Bertz CT molecular complexity index is 1760. The molecule has 0 aliphatic carbocycles. The van der Waals surface area contributed by atoms with Crippen molar-refractivity contribution in [1.29, 1.82) is 5.26 Å². The average Bonchev–Trinajstić information content (AvgIpc) is 3.35. The summed E-state index contributed by atoms with van der Waals surface area (Å²) >= 11 is 0. The van der Waals surface area contributed by atoms with E-state index in [1.165, 1.54) is 27.6 Å². The zero-order valence-corrected chi connectivity index (χ0v) is 20.0. The monoisotopic (exact) mass is 483 g/mol. The van der Waals surface area contributed by atoms with Gasteiger partial charge >= 0.3 is 0 Å². The van der Waals surface area contributed by atoms with Crippen LogP contribution in [0.1, 0.15) is 11.3 Å². The van der Waals surface area contributed by atoms with Crippen LogP contribution in [0.5, 0.6) is 17.2 Å². The Hall–Kier alpha value is -4.97. The normalized spacial score (nSPS) is 11.0. The number of hydrogen-bond acceptors (Lipinski definition) is 9. The number of nitriles is 1. The molecule has 36 heavy (non-hydrogen) atoms. The smallest absolute Gasteiger partial charge is 0.206 e. The highest BCUT2D eigenvalue weighted by Gasteiger charge is 2.23. The van der Waals surface area contributed by atoms with Gasteiger partial charge in [0.05, 0.1) is 44.2 Å². The van der Waals surface area contributed by atoms with Gasteiger partial charge in [0.1, 0.15) is 45.5 Å². The Labute approximate surface area is 205 Å². The van der Waals surface area contributed by atoms with E-state index < -0.39 is 0 Å². The summed E-state index contributed by atoms with van der Waals surface area (Å²) < 4.78 is 27.8. The molecule has 0 atom stereocenters. The molecule has 0 aliphatic heterocycles. The van der Waals surface area contributed by atoms with Crippen LogP contribution in [0.2, 0.25) is 0 Å². The number of ether oxygens (including phenoxy) is 3. The summed E-state index contributed by atoms with van der Waals surface area (Å²) in [5, 5.41) is 10.7. The van der Waals surface area contributed by atoms with E-state index in [0.717, 1.165) is 0 Å². The molecule has 0 radical (unpaired) electrons. The lowest BCUT2D eigenvalue weighted by Crippen LogP contribution is -2.11. The van der Waals surface area contributed by atoms with Gasteiger partial charge in [-0.3, -0.25) is 4.79 Å². The van der Waals surface area contributed by atoms with Gasteiger partial charge in [-0.05, 0) is 36.8 Å². The van der Waals surface area contributed by atoms with Crippen LogP contribution in [0.3, 0.4) is 0 Å². The molecule has 9 nitrogen and oxygen atoms in total. The molecule has 5 aromatic rings. The molecule has 0 unspecified atom stereocenters. The van der Waals surface area contributed by atoms with Crippen molar-refractivity contribution in [3.8, 4) is 45.7 Å². The molecule has 9 heteroatoms. The standard InChI is InChI=1S/C27H21N3O6/c1-13-23(25(31)24-22(36-13)11-20-15(7-8-35-20)26(24)34-4)18-10-16(17(12-28)27(29)30-18)14-5-6-19(32-2)21(9-14)33-3/h5-11H,1-4H3,(H2,29,30). The van der Waals surface area contributed by atoms with Crippen LogP contribution in [-0.4, -0.2) is 26.3 Å². The van der Waals surface area contributed by atoms with Crippen LogP contribution in [0.15, 0.2) is 56.3 Å². The topological polar surface area (TPSA) is 134 Å². The first-order valence-corrected chi connectivity index (χ1v) is 10.9. The second kappa shape index (κ2) is 8.67. The van der Waals surface area contributed by atoms with E-state index in [1.54, 1.807) is 43.3 Å². The summed E-state index contributed by atoms with van der Waals surface area (Å²) in [6, 6.07) is 12.4. The van der Waals surface area contributed by atoms with Crippen molar-refractivity contribution in [2.45, 2.75) is 6.92 Å². The molecule has 5 rings (SSSR count). The van der Waals surface area contributed by atoms with Crippen LogP contribution in [0.4, 0.5) is 5.82 Å². The van der Waals surface area contributed by atoms with Crippen molar-refractivity contribution in [3.63, 3.8) is 0 Å². The first-order chi connectivity index (χ1) is 17.4. The molecule has 2 aromatic carbocycles. The predicted octanol–water partition coefficient (Wildman–Crippen LogP) is 5.06. The maximum atomic E-state index is 13.8. The number of methoxy groups -OCH3 is 3. The van der Waals surface area contributed by atoms with Gasteiger partial charge in [-0.1, -0.05) is 6.07 Å². The van der Waals surface area contributed by atoms with Gasteiger partial charge in [0, 0.05) is 11.6 Å². The molecule has 0 saturated heterocycles. The van der Waals surface area contributed by atoms with E-state index in [9.17, 15) is 10.1 Å². The first-order valence-electron chi connectivity index (χ1n) is 10.9. The number of nitrogens with two attached hydrogens (primary N) is 1. The van der Waals surface area contributed by atoms with Crippen LogP contribution in [0.25, 0.3) is 44.3 Å². The van der Waals surface area contributed by atoms with Crippen molar-refractivity contribution in [3.05, 3.63) is 64.2 Å². The van der Waals surface area contributed by atoms with E-state index in [1.807, 2.05) is 0 Å². The molecule has 0 fully saturated rings. The number of aromatic nitrogens is 1. The first kappa shape index (κ1) is 22.8. The molecule has 0 spiro atoms. The van der Waals surface area contributed by atoms with E-state index in [4.69, 9.17) is 28.8 Å². The SMILES string of the molecule is COc1ccc(-c2cc(-c3c(C)oc4cc5occc5c(OC)c4c3=O)nc(N)c2C#N)cc1OC. The molecular formula is C27H21N3O6. The van der Waals surface area contributed by atoms with Gasteiger partial charge in [-0.25, -0.2) is 4.98 Å². The Balaban J connectivity index is 1.81. The summed E-state index contributed by atoms with van der Waals surface area (Å²) in [5.74, 6) is 1.66. The van der Waals surface area contributed by atoms with E-state index in [0.29, 0.717) is 50.7 Å². The van der Waals surface area contributed by atoms with Crippen LogP contribution in [0, 0.1) is 18.3 Å². The fraction of sp³-hybridized carbons (Fsp3) is 0.148. The molecule has 3 aromatic heterocycles. The number of aryl methyl sites for hydroxylation is 1. The number of nitrogen functional groups attached to an aromatic ring is 1. The third-order valence-corrected chi connectivity index (χ3v) is 6.06. The Kier molecular flexibility index (Phi) is 5.49. The van der Waals surface area contributed by atoms with E-state index in [-0.39, 0.29) is 33.5 Å². The highest BCUT2D eigenvalue weighted by molar-refractivity contribution is 6.02. The second-order valence-electron chi connectivity index (χ2n) is 7.97. The number of fused-ring (bicyclic) bond motifs is 2. The molecule has 0 aliphatic rings. The average molecular weight is 483 g/mol. The third-order valence-electron chi connectivity index (χ3n) is 6.06. The fourth-order valence-corrected chi connectivity index (χ4v) is 4.40. The number of anilines is 1. The van der Waals surface area contributed by atoms with Crippen molar-refractivity contribution < 1.29 is 23.0 Å². The quantitative estimate of drug-likeness (QED) is 0.364. The maximum absolute atomic E-state index is 13.8. The van der Waals surface area contributed by atoms with Crippen molar-refractivity contribution in [2.75, 3.05) is 27.1 Å². The zero-order valence-electron chi connectivity index (χ0n) is 20.0. The number of hydrogen-bond donors (Lipinski definition) is 1. The lowest BCUT2D eigenvalue weighted by Gasteiger charge is -2.14. The molecule has 0 bridgehead atoms. The van der Waals surface area contributed by atoms with Crippen molar-refractivity contribution >= 4 is 27.8 Å². The number of rotatable bonds is 5. The second-order valence-corrected chi connectivity index (χ2v) is 7.97. The Morgan fingerprint density at radius 3 is 2.47 bits per heavy atom. The minimum absolute atomic E-state index is 0.0177. The summed E-state index contributed by atoms with van der Waals surface area (Å²) in [6.45, 7) is 1.67.